The molecule has 2 aromatic rings. The molecule has 2 aromatic carbocycles. The normalized spacial score (nSPS) is 21.6. The van der Waals surface area contributed by atoms with E-state index in [1.807, 2.05) is 18.2 Å². The van der Waals surface area contributed by atoms with E-state index in [1.165, 1.54) is 0 Å². The first-order valence-electron chi connectivity index (χ1n) is 13.2. The molecule has 3 aliphatic rings. The second-order valence-corrected chi connectivity index (χ2v) is 10.2. The number of likely N-dealkylation sites (N-methyl/N-ethyl adjacent to an activating group) is 1. The van der Waals surface area contributed by atoms with E-state index >= 15 is 0 Å². The highest BCUT2D eigenvalue weighted by atomic mass is 16.5. The topological polar surface area (TPSA) is 127 Å². The van der Waals surface area contributed by atoms with Crippen LogP contribution >= 0.6 is 0 Å². The molecule has 4 amide bonds. The zero-order valence-corrected chi connectivity index (χ0v) is 22.6. The highest BCUT2D eigenvalue weighted by molar-refractivity contribution is 6.10. The monoisotopic (exact) mass is 544 g/mol. The van der Waals surface area contributed by atoms with Crippen LogP contribution in [-0.2, 0) is 11.2 Å². The summed E-state index contributed by atoms with van der Waals surface area (Å²) >= 11 is 0. The van der Waals surface area contributed by atoms with Gasteiger partial charge in [0.2, 0.25) is 5.54 Å². The number of nitrogens with zero attached hydrogens (tertiary/aromatic N) is 4. The molecular formula is C29H32N6O5. The van der Waals surface area contributed by atoms with Gasteiger partial charge < -0.3 is 30.0 Å². The van der Waals surface area contributed by atoms with Gasteiger partial charge in [0.25, 0.3) is 11.8 Å². The zero-order chi connectivity index (χ0) is 28.3. The summed E-state index contributed by atoms with van der Waals surface area (Å²) in [7, 11) is 3.65. The minimum absolute atomic E-state index is 0.0926. The van der Waals surface area contributed by atoms with E-state index in [9.17, 15) is 19.6 Å². The number of urea groups is 1. The quantitative estimate of drug-likeness (QED) is 0.131. The van der Waals surface area contributed by atoms with E-state index in [4.69, 9.17) is 4.74 Å². The Hall–Kier alpha value is -4.56. The van der Waals surface area contributed by atoms with Crippen LogP contribution in [0.15, 0.2) is 47.6 Å². The standard InChI is InChI=1S/C29H32N6O5/c1-33-13-3-14-34(17-16-33)25(32-39)21-6-4-20(5-7-21)10-12-29(27(37)30-28(38)31-29)19-35-15-11-22-18-23(40-2)8-9-24(22)26(35)36/h4-9,18,39H,3,11,13-17,19H2,1-2H3,(H2,30,31,37,38)/b32-25-/t29-/m1/s1. The fraction of sp³-hybridized carbons (Fsp3) is 0.379. The molecule has 0 spiro atoms. The number of amides is 4. The van der Waals surface area contributed by atoms with E-state index in [2.05, 4.69) is 44.5 Å². The van der Waals surface area contributed by atoms with Gasteiger partial charge in [0.15, 0.2) is 5.84 Å². The summed E-state index contributed by atoms with van der Waals surface area (Å²) in [5.74, 6) is 6.26. The van der Waals surface area contributed by atoms with Crippen molar-refractivity contribution < 1.29 is 24.3 Å². The lowest BCUT2D eigenvalue weighted by Gasteiger charge is -2.33. The van der Waals surface area contributed by atoms with Gasteiger partial charge in [-0.2, -0.15) is 0 Å². The van der Waals surface area contributed by atoms with Gasteiger partial charge in [-0.3, -0.25) is 14.9 Å². The SMILES string of the molecule is COc1ccc2c(c1)CCN(C[C@@]1(C#Cc3ccc(/C(=N/O)N4CCCN(C)CC4)cc3)NC(=O)NC1=O)C2=O. The second-order valence-electron chi connectivity index (χ2n) is 10.2. The maximum atomic E-state index is 13.3. The molecule has 208 valence electrons. The summed E-state index contributed by atoms with van der Waals surface area (Å²) in [4.78, 5) is 44.2. The molecule has 11 nitrogen and oxygen atoms in total. The number of methoxy groups -OCH3 is 1. The van der Waals surface area contributed by atoms with Crippen LogP contribution in [0, 0.1) is 11.8 Å². The number of carbonyl (C=O) groups is 3. The van der Waals surface area contributed by atoms with Gasteiger partial charge in [-0.1, -0.05) is 17.0 Å². The Morgan fingerprint density at radius 2 is 1.88 bits per heavy atom. The number of ether oxygens (including phenoxy) is 1. The molecule has 0 aromatic heterocycles. The van der Waals surface area contributed by atoms with Crippen molar-refractivity contribution in [3.8, 4) is 17.6 Å². The molecule has 3 heterocycles. The van der Waals surface area contributed by atoms with E-state index in [-0.39, 0.29) is 12.5 Å². The highest BCUT2D eigenvalue weighted by Crippen LogP contribution is 2.25. The summed E-state index contributed by atoms with van der Waals surface area (Å²) in [6.45, 7) is 3.68. The number of carbonyl (C=O) groups excluding carboxylic acids is 3. The molecule has 2 fully saturated rings. The number of rotatable bonds is 4. The van der Waals surface area contributed by atoms with Gasteiger partial charge in [0, 0.05) is 42.9 Å². The Kier molecular flexibility index (Phi) is 7.62. The van der Waals surface area contributed by atoms with Crippen LogP contribution in [0.5, 0.6) is 5.75 Å². The third-order valence-electron chi connectivity index (χ3n) is 7.53. The predicted molar refractivity (Wildman–Crippen MR) is 147 cm³/mol. The van der Waals surface area contributed by atoms with Crippen molar-refractivity contribution in [2.75, 3.05) is 53.4 Å². The lowest BCUT2D eigenvalue weighted by atomic mass is 9.94. The molecule has 5 rings (SSSR count). The summed E-state index contributed by atoms with van der Waals surface area (Å²) in [6.07, 6.45) is 1.55. The molecule has 11 heteroatoms. The maximum absolute atomic E-state index is 13.3. The Balaban J connectivity index is 1.36. The Morgan fingerprint density at radius 1 is 1.07 bits per heavy atom. The Bertz CT molecular complexity index is 1410. The number of hydrogen-bond donors (Lipinski definition) is 3. The van der Waals surface area contributed by atoms with E-state index in [0.717, 1.165) is 43.7 Å². The first kappa shape index (κ1) is 27.0. The van der Waals surface area contributed by atoms with E-state index in [1.54, 1.807) is 36.3 Å². The molecule has 0 radical (unpaired) electrons. The summed E-state index contributed by atoms with van der Waals surface area (Å²) in [6, 6.07) is 11.8. The lowest BCUT2D eigenvalue weighted by Crippen LogP contribution is -2.56. The number of hydrogen-bond acceptors (Lipinski definition) is 7. The number of nitrogens with one attached hydrogen (secondary N) is 2. The molecular weight excluding hydrogens is 512 g/mol. The van der Waals surface area contributed by atoms with Crippen LogP contribution in [0.25, 0.3) is 0 Å². The smallest absolute Gasteiger partial charge is 0.323 e. The number of fused-ring (bicyclic) bond motifs is 1. The molecule has 3 aliphatic heterocycles. The summed E-state index contributed by atoms with van der Waals surface area (Å²) in [5, 5.41) is 18.2. The fourth-order valence-electron chi connectivity index (χ4n) is 5.25. The molecule has 1 atom stereocenters. The summed E-state index contributed by atoms with van der Waals surface area (Å²) in [5.41, 5.74) is 1.16. The minimum Gasteiger partial charge on any atom is -0.497 e. The van der Waals surface area contributed by atoms with Crippen molar-refractivity contribution in [3.05, 3.63) is 64.7 Å². The molecule has 2 saturated heterocycles. The van der Waals surface area contributed by atoms with Crippen molar-refractivity contribution in [1.82, 2.24) is 25.3 Å². The van der Waals surface area contributed by atoms with Gasteiger partial charge >= 0.3 is 6.03 Å². The number of imide groups is 1. The molecule has 0 unspecified atom stereocenters. The van der Waals surface area contributed by atoms with Crippen molar-refractivity contribution >= 4 is 23.7 Å². The van der Waals surface area contributed by atoms with Crippen LogP contribution in [0.1, 0.15) is 33.5 Å². The fourth-order valence-corrected chi connectivity index (χ4v) is 5.25. The molecule has 40 heavy (non-hydrogen) atoms. The van der Waals surface area contributed by atoms with Gasteiger partial charge in [-0.15, -0.1) is 0 Å². The average molecular weight is 545 g/mol. The first-order chi connectivity index (χ1) is 19.3. The van der Waals surface area contributed by atoms with E-state index < -0.39 is 17.5 Å². The van der Waals surface area contributed by atoms with Gasteiger partial charge in [0.1, 0.15) is 5.75 Å². The third-order valence-corrected chi connectivity index (χ3v) is 7.53. The second kappa shape index (κ2) is 11.3. The van der Waals surface area contributed by atoms with Crippen molar-refractivity contribution in [1.29, 1.82) is 0 Å². The average Bonchev–Trinajstić information content (AvgIpc) is 3.08. The van der Waals surface area contributed by atoms with Gasteiger partial charge in [0.05, 0.1) is 13.7 Å². The van der Waals surface area contributed by atoms with Gasteiger partial charge in [-0.05, 0) is 74.5 Å². The van der Waals surface area contributed by atoms with Crippen LogP contribution in [0.2, 0.25) is 0 Å². The van der Waals surface area contributed by atoms with Crippen LogP contribution in [0.4, 0.5) is 4.79 Å². The maximum Gasteiger partial charge on any atom is 0.323 e. The molecule has 3 N–H and O–H groups in total. The Morgan fingerprint density at radius 3 is 2.58 bits per heavy atom. The molecule has 0 saturated carbocycles. The largest absolute Gasteiger partial charge is 0.497 e. The first-order valence-corrected chi connectivity index (χ1v) is 13.2. The van der Waals surface area contributed by atoms with E-state index in [0.29, 0.717) is 35.7 Å². The van der Waals surface area contributed by atoms with Crippen molar-refractivity contribution in [3.63, 3.8) is 0 Å². The highest BCUT2D eigenvalue weighted by Gasteiger charge is 2.47. The summed E-state index contributed by atoms with van der Waals surface area (Å²) < 4.78 is 5.27. The number of amidine groups is 1. The van der Waals surface area contributed by atoms with Crippen molar-refractivity contribution in [2.45, 2.75) is 18.4 Å². The number of oxime groups is 1. The number of benzene rings is 2. The van der Waals surface area contributed by atoms with Gasteiger partial charge in [-0.25, -0.2) is 4.79 Å². The van der Waals surface area contributed by atoms with Crippen LogP contribution in [-0.4, -0.2) is 103 Å². The third kappa shape index (κ3) is 5.44. The lowest BCUT2D eigenvalue weighted by molar-refractivity contribution is -0.122. The molecule has 0 aliphatic carbocycles. The van der Waals surface area contributed by atoms with Crippen LogP contribution in [0.3, 0.4) is 0 Å². The predicted octanol–water partition coefficient (Wildman–Crippen LogP) is 1.10. The van der Waals surface area contributed by atoms with Crippen LogP contribution < -0.4 is 15.4 Å². The molecule has 0 bridgehead atoms. The van der Waals surface area contributed by atoms with Crippen molar-refractivity contribution in [2.24, 2.45) is 5.16 Å². The Labute approximate surface area is 232 Å². The minimum atomic E-state index is -1.59. The zero-order valence-electron chi connectivity index (χ0n) is 22.6.